The first-order valence-corrected chi connectivity index (χ1v) is 34.5. The van der Waals surface area contributed by atoms with Crippen molar-refractivity contribution in [3.63, 3.8) is 0 Å². The van der Waals surface area contributed by atoms with Crippen LogP contribution in [0.3, 0.4) is 0 Å². The molecule has 0 N–H and O–H groups in total. The van der Waals surface area contributed by atoms with Crippen LogP contribution in [0.25, 0.3) is 0 Å². The summed E-state index contributed by atoms with van der Waals surface area (Å²) in [5.74, 6) is 0. The van der Waals surface area contributed by atoms with Crippen molar-refractivity contribution in [1.82, 2.24) is 0 Å². The van der Waals surface area contributed by atoms with E-state index in [1.54, 1.807) is 0 Å². The molecule has 0 spiro atoms. The zero-order valence-corrected chi connectivity index (χ0v) is 12.2. The smallest absolute Gasteiger partial charge is 0.0149 e. The zero-order chi connectivity index (χ0) is 4.50. The molecule has 0 bridgehead atoms. The van der Waals surface area contributed by atoms with Crippen LogP contribution < -0.4 is 0 Å². The Morgan fingerprint density at radius 2 is 0.833 bits per heavy atom. The molecule has 40 valence electrons. The Morgan fingerprint density at radius 1 is 0.833 bits per heavy atom. The molecule has 0 rings (SSSR count). The molecule has 0 nitrogen and oxygen atoms in total. The largest absolute Gasteiger partial charge is 0.0149 e. The van der Waals surface area contributed by atoms with E-state index < -0.39 is 11.5 Å². The Labute approximate surface area is 68.7 Å². The van der Waals surface area contributed by atoms with Gasteiger partial charge in [0, 0.05) is 0 Å². The Bertz CT molecular complexity index is 23.0. The van der Waals surface area contributed by atoms with Crippen molar-refractivity contribution in [3.05, 3.63) is 0 Å². The van der Waals surface area contributed by atoms with Crippen LogP contribution in [0.1, 0.15) is 0 Å². The average molecular weight is 559 g/mol. The first-order valence-electron chi connectivity index (χ1n) is 0.756. The van der Waals surface area contributed by atoms with Gasteiger partial charge < -0.3 is 0 Å². The van der Waals surface area contributed by atoms with E-state index in [4.69, 9.17) is 0 Å². The summed E-state index contributed by atoms with van der Waals surface area (Å²) in [4.78, 5) is 0. The van der Waals surface area contributed by atoms with Crippen molar-refractivity contribution in [2.24, 2.45) is 0 Å². The molecule has 0 aliphatic carbocycles. The van der Waals surface area contributed by atoms with Gasteiger partial charge in [-0.05, 0) is 11.0 Å². The van der Waals surface area contributed by atoms with Crippen LogP contribution in [0.5, 0.6) is 0 Å². The number of halogens is 4. The fourth-order valence-electron chi connectivity index (χ4n) is 0. The van der Waals surface area contributed by atoms with Crippen LogP contribution in [0, 0.1) is 0 Å². The molecule has 0 saturated heterocycles. The van der Waals surface area contributed by atoms with Crippen LogP contribution in [0.4, 0.5) is 0 Å². The molecule has 0 saturated carbocycles. The summed E-state index contributed by atoms with van der Waals surface area (Å²) in [6, 6.07) is 0. The molecule has 0 aliphatic rings. The Morgan fingerprint density at radius 3 is 0.833 bits per heavy atom. The topological polar surface area (TPSA) is 0 Å². The average Bonchev–Trinajstić information content (AvgIpc) is 0.722. The summed E-state index contributed by atoms with van der Waals surface area (Å²) < 4.78 is 0. The molecule has 0 aromatic heterocycles. The fourth-order valence-corrected chi connectivity index (χ4v) is 0. The van der Waals surface area contributed by atoms with Gasteiger partial charge in [0.05, 0.1) is 0 Å². The van der Waals surface area contributed by atoms with Crippen molar-refractivity contribution >= 4 is 70.4 Å². The summed E-state index contributed by atoms with van der Waals surface area (Å²) in [5.41, 5.74) is 0. The summed E-state index contributed by atoms with van der Waals surface area (Å²) in [6.07, 6.45) is 0. The minimum absolute atomic E-state index is 0. The number of hydrogen-bond acceptors (Lipinski definition) is 0. The summed E-state index contributed by atoms with van der Waals surface area (Å²) in [6.45, 7) is 0. The third kappa shape index (κ3) is 27.7. The Kier molecular flexibility index (Phi) is 9.63. The van der Waals surface area contributed by atoms with Crippen molar-refractivity contribution in [1.29, 1.82) is 0 Å². The maximum Gasteiger partial charge on any atom is -0.0149 e. The molecule has 0 amide bonds. The monoisotopic (exact) mass is 556 g/mol. The molecule has 6 heavy (non-hydrogen) atoms. The van der Waals surface area contributed by atoms with Gasteiger partial charge in [-0.2, -0.15) is 0 Å². The van der Waals surface area contributed by atoms with E-state index >= 15 is 0 Å². The predicted molar refractivity (Wildman–Crippen MR) is 52.8 cm³/mol. The van der Waals surface area contributed by atoms with Gasteiger partial charge in [0.2, 0.25) is 0 Å². The van der Waals surface area contributed by atoms with Crippen LogP contribution >= 0.6 is 47.9 Å². The van der Waals surface area contributed by atoms with Gasteiger partial charge in [0.1, 0.15) is 0 Å². The molecular formula is H4Br4PbSi. The molecular weight excluding hydrogens is 555 g/mol. The van der Waals surface area contributed by atoms with E-state index in [2.05, 4.69) is 47.9 Å². The van der Waals surface area contributed by atoms with Crippen LogP contribution in [-0.4, -0.2) is 22.5 Å². The molecule has 0 radical (unpaired) electrons. The molecule has 0 aliphatic heterocycles. The van der Waals surface area contributed by atoms with E-state index in [9.17, 15) is 0 Å². The van der Waals surface area contributed by atoms with E-state index in [-0.39, 0.29) is 11.0 Å². The summed E-state index contributed by atoms with van der Waals surface area (Å²) in [5, 5.41) is 0. The zero-order valence-electron chi connectivity index (χ0n) is 2.01. The molecule has 0 aromatic rings. The van der Waals surface area contributed by atoms with Crippen LogP contribution in [0.15, 0.2) is 0 Å². The van der Waals surface area contributed by atoms with Gasteiger partial charge in [0.25, 0.3) is 0 Å². The maximum absolute atomic E-state index is 3.35. The minimum Gasteiger partial charge on any atom is -0.0149 e. The third-order valence-corrected chi connectivity index (χ3v) is 0. The molecule has 0 unspecified atom stereocenters. The van der Waals surface area contributed by atoms with Crippen molar-refractivity contribution in [2.75, 3.05) is 0 Å². The van der Waals surface area contributed by atoms with Gasteiger partial charge >= 0.3 is 59.5 Å². The quantitative estimate of drug-likeness (QED) is 0.396. The van der Waals surface area contributed by atoms with Crippen LogP contribution in [0.2, 0.25) is 0 Å². The van der Waals surface area contributed by atoms with Crippen LogP contribution in [-0.2, 0) is 0 Å². The summed E-state index contributed by atoms with van der Waals surface area (Å²) >= 11 is 11.4. The van der Waals surface area contributed by atoms with Gasteiger partial charge in [-0.1, -0.05) is 0 Å². The number of hydrogen-bond donors (Lipinski definition) is 0. The standard InChI is InChI=1S/4BrH.Pb.H4Si/h4*1H;;1H4/q;;;;+4;/p-4. The second kappa shape index (κ2) is 4.89. The van der Waals surface area contributed by atoms with Crippen molar-refractivity contribution in [3.8, 4) is 0 Å². The van der Waals surface area contributed by atoms with Gasteiger partial charge in [-0.15, -0.1) is 0 Å². The third-order valence-electron chi connectivity index (χ3n) is 0. The Hall–Kier alpha value is 3.06. The maximum atomic E-state index is 3.35. The first kappa shape index (κ1) is 11.8. The minimum atomic E-state index is -2.03. The molecule has 0 fully saturated rings. The molecule has 0 heterocycles. The predicted octanol–water partition coefficient (Wildman–Crippen LogP) is 1.55. The number of rotatable bonds is 0. The van der Waals surface area contributed by atoms with Gasteiger partial charge in [0.15, 0.2) is 0 Å². The molecule has 0 aromatic carbocycles. The van der Waals surface area contributed by atoms with E-state index in [1.807, 2.05) is 0 Å². The molecule has 0 atom stereocenters. The fraction of sp³-hybridized carbons (Fsp3) is 0. The van der Waals surface area contributed by atoms with Crippen molar-refractivity contribution < 1.29 is 0 Å². The second-order valence-corrected chi connectivity index (χ2v) is 102. The Balaban J connectivity index is 0. The van der Waals surface area contributed by atoms with E-state index in [1.165, 1.54) is 0 Å². The molecule has 6 heteroatoms. The summed E-state index contributed by atoms with van der Waals surface area (Å²) in [7, 11) is 0. The van der Waals surface area contributed by atoms with E-state index in [0.717, 1.165) is 0 Å². The first-order chi connectivity index (χ1) is 2.00. The van der Waals surface area contributed by atoms with Gasteiger partial charge in [-0.3, -0.25) is 0 Å². The van der Waals surface area contributed by atoms with E-state index in [0.29, 0.717) is 0 Å². The van der Waals surface area contributed by atoms with Crippen molar-refractivity contribution in [2.45, 2.75) is 0 Å². The second-order valence-electron chi connectivity index (χ2n) is 0.429. The SMILES string of the molecule is [Br][Pb]([Br])([Br])[Br].[SiH4]. The van der Waals surface area contributed by atoms with Gasteiger partial charge in [-0.25, -0.2) is 0 Å². The normalized spacial score (nSPS) is 10.0.